The van der Waals surface area contributed by atoms with Crippen molar-refractivity contribution in [3.63, 3.8) is 0 Å². The maximum Gasteiger partial charge on any atom is 0.137 e. The van der Waals surface area contributed by atoms with E-state index in [1.165, 1.54) is 5.56 Å². The lowest BCUT2D eigenvalue weighted by atomic mass is 9.65. The summed E-state index contributed by atoms with van der Waals surface area (Å²) in [4.78, 5) is 12.9. The summed E-state index contributed by atoms with van der Waals surface area (Å²) in [6.45, 7) is 16.8. The minimum Gasteiger partial charge on any atom is -0.299 e. The molecule has 0 saturated heterocycles. The van der Waals surface area contributed by atoms with Gasteiger partial charge in [0, 0.05) is 12.3 Å². The Morgan fingerprint density at radius 1 is 1.04 bits per heavy atom. The van der Waals surface area contributed by atoms with E-state index in [0.717, 1.165) is 25.7 Å². The largest absolute Gasteiger partial charge is 0.299 e. The number of hydrogen-bond donors (Lipinski definition) is 0. The van der Waals surface area contributed by atoms with Crippen molar-refractivity contribution in [3.8, 4) is 0 Å². The molecule has 1 saturated carbocycles. The Morgan fingerprint density at radius 2 is 1.59 bits per heavy atom. The fourth-order valence-electron chi connectivity index (χ4n) is 5.67. The number of allylic oxidation sites excluding steroid dienone is 1. The van der Waals surface area contributed by atoms with Crippen LogP contribution in [0.3, 0.4) is 0 Å². The van der Waals surface area contributed by atoms with E-state index >= 15 is 0 Å². The molecule has 1 aliphatic carbocycles. The van der Waals surface area contributed by atoms with Gasteiger partial charge < -0.3 is 0 Å². The third-order valence-corrected chi connectivity index (χ3v) is 14.1. The van der Waals surface area contributed by atoms with E-state index in [1.807, 2.05) is 0 Å². The van der Waals surface area contributed by atoms with Crippen LogP contribution in [0.2, 0.25) is 16.6 Å². The molecule has 0 heterocycles. The fourth-order valence-corrected chi connectivity index (χ4v) is 11.5. The topological polar surface area (TPSA) is 17.1 Å². The van der Waals surface area contributed by atoms with Crippen molar-refractivity contribution < 1.29 is 4.79 Å². The van der Waals surface area contributed by atoms with Crippen molar-refractivity contribution in [3.05, 3.63) is 47.7 Å². The van der Waals surface area contributed by atoms with E-state index in [0.29, 0.717) is 22.4 Å². The zero-order chi connectivity index (χ0) is 20.2. The monoisotopic (exact) mass is 384 g/mol. The number of Topliss-reactive ketones (excluding diaryl/α,β-unsaturated/α-hetero) is 1. The lowest BCUT2D eigenvalue weighted by molar-refractivity contribution is -0.128. The SMILES string of the molecule is CC(C)[Si](/C=C/[C@@]1(C)CCCC(=O)C1Cc1ccccc1)(C(C)C)C(C)C. The summed E-state index contributed by atoms with van der Waals surface area (Å²) >= 11 is 0. The lowest BCUT2D eigenvalue weighted by Crippen LogP contribution is -2.44. The van der Waals surface area contributed by atoms with Crippen LogP contribution in [0.15, 0.2) is 42.1 Å². The van der Waals surface area contributed by atoms with Crippen molar-refractivity contribution >= 4 is 13.9 Å². The van der Waals surface area contributed by atoms with Crippen LogP contribution in [0.25, 0.3) is 0 Å². The first-order valence-corrected chi connectivity index (χ1v) is 13.2. The summed E-state index contributed by atoms with van der Waals surface area (Å²) < 4.78 is 0. The Morgan fingerprint density at radius 3 is 2.11 bits per heavy atom. The second-order valence-electron chi connectivity index (χ2n) is 9.87. The van der Waals surface area contributed by atoms with Gasteiger partial charge in [0.1, 0.15) is 5.78 Å². The first-order valence-electron chi connectivity index (χ1n) is 10.9. The number of carbonyl (C=O) groups excluding carboxylic acids is 1. The van der Waals surface area contributed by atoms with Gasteiger partial charge in [-0.05, 0) is 46.9 Å². The molecule has 0 aromatic heterocycles. The molecule has 1 aromatic carbocycles. The van der Waals surface area contributed by atoms with Gasteiger partial charge in [0.2, 0.25) is 0 Å². The first kappa shape index (κ1) is 22.1. The van der Waals surface area contributed by atoms with Crippen LogP contribution in [0.4, 0.5) is 0 Å². The van der Waals surface area contributed by atoms with Gasteiger partial charge in [0.05, 0.1) is 8.07 Å². The molecular weight excluding hydrogens is 344 g/mol. The molecule has 2 rings (SSSR count). The first-order chi connectivity index (χ1) is 12.6. The van der Waals surface area contributed by atoms with Crippen molar-refractivity contribution in [1.29, 1.82) is 0 Å². The second kappa shape index (κ2) is 8.90. The molecule has 0 spiro atoms. The lowest BCUT2D eigenvalue weighted by Gasteiger charge is -2.43. The van der Waals surface area contributed by atoms with Gasteiger partial charge in [-0.1, -0.05) is 90.6 Å². The molecule has 1 aliphatic rings. The van der Waals surface area contributed by atoms with Gasteiger partial charge in [0.25, 0.3) is 0 Å². The summed E-state index contributed by atoms with van der Waals surface area (Å²) in [5.41, 5.74) is 6.06. The minimum absolute atomic E-state index is 0.0118. The maximum absolute atomic E-state index is 12.9. The van der Waals surface area contributed by atoms with Crippen molar-refractivity contribution in [2.75, 3.05) is 0 Å². The molecule has 150 valence electrons. The Bertz CT molecular complexity index is 622. The number of hydrogen-bond acceptors (Lipinski definition) is 1. The molecule has 1 fully saturated rings. The molecule has 2 heteroatoms. The van der Waals surface area contributed by atoms with Crippen molar-refractivity contribution in [1.82, 2.24) is 0 Å². The van der Waals surface area contributed by atoms with Crippen LogP contribution in [0, 0.1) is 11.3 Å². The van der Waals surface area contributed by atoms with Crippen LogP contribution >= 0.6 is 0 Å². The minimum atomic E-state index is -1.59. The van der Waals surface area contributed by atoms with Gasteiger partial charge in [0.15, 0.2) is 0 Å². The third kappa shape index (κ3) is 4.64. The zero-order valence-corrected chi connectivity index (χ0v) is 19.6. The average Bonchev–Trinajstić information content (AvgIpc) is 2.59. The summed E-state index contributed by atoms with van der Waals surface area (Å²) in [7, 11) is -1.59. The van der Waals surface area contributed by atoms with Crippen LogP contribution in [-0.4, -0.2) is 13.9 Å². The summed E-state index contributed by atoms with van der Waals surface area (Å²) in [6, 6.07) is 10.6. The summed E-state index contributed by atoms with van der Waals surface area (Å²) in [5, 5.41) is 0. The number of ketones is 1. The van der Waals surface area contributed by atoms with E-state index in [2.05, 4.69) is 90.6 Å². The van der Waals surface area contributed by atoms with E-state index in [4.69, 9.17) is 0 Å². The molecule has 27 heavy (non-hydrogen) atoms. The number of benzene rings is 1. The molecule has 0 N–H and O–H groups in total. The average molecular weight is 385 g/mol. The van der Waals surface area contributed by atoms with Crippen LogP contribution in [-0.2, 0) is 11.2 Å². The van der Waals surface area contributed by atoms with Gasteiger partial charge in [-0.25, -0.2) is 0 Å². The third-order valence-electron chi connectivity index (χ3n) is 7.36. The van der Waals surface area contributed by atoms with E-state index in [-0.39, 0.29) is 11.3 Å². The predicted molar refractivity (Wildman–Crippen MR) is 121 cm³/mol. The highest BCUT2D eigenvalue weighted by Crippen LogP contribution is 2.46. The Balaban J connectivity index is 2.39. The Labute approximate surface area is 168 Å². The van der Waals surface area contributed by atoms with E-state index in [1.54, 1.807) is 0 Å². The predicted octanol–water partition coefficient (Wildman–Crippen LogP) is 7.38. The van der Waals surface area contributed by atoms with E-state index in [9.17, 15) is 4.79 Å². The zero-order valence-electron chi connectivity index (χ0n) is 18.6. The number of carbonyl (C=O) groups is 1. The normalized spacial score (nSPS) is 24.5. The molecule has 2 atom stereocenters. The molecule has 1 nitrogen and oxygen atoms in total. The molecule has 0 radical (unpaired) electrons. The summed E-state index contributed by atoms with van der Waals surface area (Å²) in [6.07, 6.45) is 6.29. The van der Waals surface area contributed by atoms with Gasteiger partial charge in [-0.15, -0.1) is 0 Å². The van der Waals surface area contributed by atoms with Gasteiger partial charge >= 0.3 is 0 Å². The van der Waals surface area contributed by atoms with Crippen molar-refractivity contribution in [2.45, 2.75) is 90.8 Å². The van der Waals surface area contributed by atoms with Crippen molar-refractivity contribution in [2.24, 2.45) is 11.3 Å². The van der Waals surface area contributed by atoms with E-state index < -0.39 is 8.07 Å². The summed E-state index contributed by atoms with van der Waals surface area (Å²) in [5.74, 6) is 0.575. The second-order valence-corrected chi connectivity index (χ2v) is 15.7. The standard InChI is InChI=1S/C25H40OSi/c1-19(2)27(20(3)4,21(5)6)17-16-25(7)15-11-14-24(26)23(25)18-22-12-9-8-10-13-22/h8-10,12-13,16-17,19-21,23H,11,14-15,18H2,1-7H3/b17-16+/t23?,25-/m1/s1. The molecular formula is C25H40OSi. The quantitative estimate of drug-likeness (QED) is 0.448. The highest BCUT2D eigenvalue weighted by molar-refractivity contribution is 6.87. The maximum atomic E-state index is 12.9. The smallest absolute Gasteiger partial charge is 0.137 e. The Hall–Kier alpha value is -1.15. The van der Waals surface area contributed by atoms with Gasteiger partial charge in [-0.3, -0.25) is 4.79 Å². The fraction of sp³-hybridized carbons (Fsp3) is 0.640. The molecule has 1 aromatic rings. The highest BCUT2D eigenvalue weighted by Gasteiger charge is 2.43. The Kier molecular flexibility index (Phi) is 7.30. The molecule has 0 aliphatic heterocycles. The highest BCUT2D eigenvalue weighted by atomic mass is 28.3. The molecule has 1 unspecified atom stereocenters. The van der Waals surface area contributed by atoms with Crippen LogP contribution < -0.4 is 0 Å². The van der Waals surface area contributed by atoms with Crippen LogP contribution in [0.1, 0.15) is 73.3 Å². The molecule has 0 bridgehead atoms. The van der Waals surface area contributed by atoms with Crippen LogP contribution in [0.5, 0.6) is 0 Å². The molecule has 0 amide bonds. The van der Waals surface area contributed by atoms with Gasteiger partial charge in [-0.2, -0.15) is 0 Å². The number of rotatable bonds is 7.